The van der Waals surface area contributed by atoms with Crippen LogP contribution in [0.15, 0.2) is 12.7 Å². The summed E-state index contributed by atoms with van der Waals surface area (Å²) < 4.78 is 5.96. The monoisotopic (exact) mass is 330 g/mol. The molecule has 0 aromatic heterocycles. The maximum absolute atomic E-state index is 12.1. The number of hydrogen-bond acceptors (Lipinski definition) is 3. The summed E-state index contributed by atoms with van der Waals surface area (Å²) in [7, 11) is 0. The second kappa shape index (κ2) is 4.87. The summed E-state index contributed by atoms with van der Waals surface area (Å²) in [6, 6.07) is 0. The maximum atomic E-state index is 12.1. The number of rotatable bonds is 4. The molecule has 5 aliphatic carbocycles. The third kappa shape index (κ3) is 1.57. The van der Waals surface area contributed by atoms with Crippen molar-refractivity contribution >= 4 is 5.97 Å². The Hall–Kier alpha value is -0.830. The average Bonchev–Trinajstić information content (AvgIpc) is 3.36. The van der Waals surface area contributed by atoms with Crippen LogP contribution in [0.4, 0.5) is 0 Å². The maximum Gasteiger partial charge on any atom is 0.330 e. The Morgan fingerprint density at radius 2 is 2.08 bits per heavy atom. The van der Waals surface area contributed by atoms with Crippen LogP contribution < -0.4 is 0 Å². The fraction of sp³-hybridized carbons (Fsp3) is 0.857. The van der Waals surface area contributed by atoms with E-state index in [4.69, 9.17) is 4.74 Å². The van der Waals surface area contributed by atoms with Gasteiger partial charge in [0.05, 0.1) is 6.61 Å². The molecule has 3 nitrogen and oxygen atoms in total. The molecule has 0 saturated heterocycles. The van der Waals surface area contributed by atoms with E-state index in [9.17, 15) is 9.90 Å². The van der Waals surface area contributed by atoms with E-state index in [0.29, 0.717) is 11.8 Å². The summed E-state index contributed by atoms with van der Waals surface area (Å²) >= 11 is 0. The van der Waals surface area contributed by atoms with Crippen molar-refractivity contribution in [3.8, 4) is 0 Å². The van der Waals surface area contributed by atoms with Gasteiger partial charge >= 0.3 is 5.97 Å². The van der Waals surface area contributed by atoms with Gasteiger partial charge in [-0.05, 0) is 86.9 Å². The van der Waals surface area contributed by atoms with Crippen LogP contribution in [-0.4, -0.2) is 23.3 Å². The van der Waals surface area contributed by atoms with Crippen LogP contribution in [0.3, 0.4) is 0 Å². The highest BCUT2D eigenvalue weighted by atomic mass is 16.6. The van der Waals surface area contributed by atoms with E-state index in [2.05, 4.69) is 6.58 Å². The second-order valence-corrected chi connectivity index (χ2v) is 9.56. The molecule has 5 saturated carbocycles. The largest absolute Gasteiger partial charge is 0.453 e. The van der Waals surface area contributed by atoms with Crippen molar-refractivity contribution in [2.45, 2.75) is 57.5 Å². The van der Waals surface area contributed by atoms with Gasteiger partial charge in [-0.1, -0.05) is 13.0 Å². The highest BCUT2D eigenvalue weighted by Crippen LogP contribution is 2.80. The van der Waals surface area contributed by atoms with Crippen molar-refractivity contribution in [3.63, 3.8) is 0 Å². The lowest BCUT2D eigenvalue weighted by Crippen LogP contribution is -2.59. The van der Waals surface area contributed by atoms with E-state index in [-0.39, 0.29) is 18.0 Å². The summed E-state index contributed by atoms with van der Waals surface area (Å²) in [5.41, 5.74) is -0.735. The summed E-state index contributed by atoms with van der Waals surface area (Å²) in [6.07, 6.45) is 10.6. The standard InChI is InChI=1S/C21H30O3/c1-3-17(23)24-20(2,11-22)21-10-15(14-5-4-6-16(14)21)18-12-7-8-13(9-12)19(18)21/h3,12-16,18-19,22H,1,4-11H2,2H3. The lowest BCUT2D eigenvalue weighted by atomic mass is 9.52. The van der Waals surface area contributed by atoms with Crippen LogP contribution in [0.25, 0.3) is 0 Å². The first-order valence-corrected chi connectivity index (χ1v) is 10.0. The van der Waals surface area contributed by atoms with Crippen molar-refractivity contribution in [3.05, 3.63) is 12.7 Å². The summed E-state index contributed by atoms with van der Waals surface area (Å²) in [5, 5.41) is 10.4. The van der Waals surface area contributed by atoms with Gasteiger partial charge in [-0.2, -0.15) is 0 Å². The molecule has 0 amide bonds. The molecule has 0 aromatic carbocycles. The minimum atomic E-state index is -0.746. The first kappa shape index (κ1) is 15.4. The number of carbonyl (C=O) groups excluding carboxylic acids is 1. The van der Waals surface area contributed by atoms with E-state index >= 15 is 0 Å². The molecule has 0 radical (unpaired) electrons. The molecule has 9 unspecified atom stereocenters. The molecule has 0 heterocycles. The number of aliphatic hydroxyl groups excluding tert-OH is 1. The normalized spacial score (nSPS) is 52.8. The number of fused-ring (bicyclic) bond motifs is 12. The Morgan fingerprint density at radius 1 is 1.29 bits per heavy atom. The molecule has 132 valence electrons. The van der Waals surface area contributed by atoms with Crippen LogP contribution >= 0.6 is 0 Å². The van der Waals surface area contributed by atoms with Gasteiger partial charge in [0.2, 0.25) is 0 Å². The lowest BCUT2D eigenvalue weighted by molar-refractivity contribution is -0.200. The van der Waals surface area contributed by atoms with E-state index in [1.54, 1.807) is 0 Å². The van der Waals surface area contributed by atoms with Gasteiger partial charge in [-0.15, -0.1) is 0 Å². The zero-order valence-electron chi connectivity index (χ0n) is 14.7. The second-order valence-electron chi connectivity index (χ2n) is 9.56. The van der Waals surface area contributed by atoms with E-state index < -0.39 is 5.60 Å². The predicted octanol–water partition coefficient (Wildman–Crippen LogP) is 3.57. The lowest BCUT2D eigenvalue weighted by Gasteiger charge is -2.55. The zero-order chi connectivity index (χ0) is 16.7. The molecule has 0 aliphatic heterocycles. The van der Waals surface area contributed by atoms with Gasteiger partial charge in [-0.25, -0.2) is 4.79 Å². The Balaban J connectivity index is 1.62. The smallest absolute Gasteiger partial charge is 0.330 e. The van der Waals surface area contributed by atoms with Gasteiger partial charge in [0.15, 0.2) is 0 Å². The Morgan fingerprint density at radius 3 is 2.83 bits per heavy atom. The third-order valence-electron chi connectivity index (χ3n) is 9.20. The van der Waals surface area contributed by atoms with Crippen molar-refractivity contribution < 1.29 is 14.6 Å². The van der Waals surface area contributed by atoms with Crippen molar-refractivity contribution in [1.82, 2.24) is 0 Å². The predicted molar refractivity (Wildman–Crippen MR) is 91.0 cm³/mol. The topological polar surface area (TPSA) is 46.5 Å². The number of hydrogen-bond donors (Lipinski definition) is 1. The number of carbonyl (C=O) groups is 1. The highest BCUT2D eigenvalue weighted by molar-refractivity contribution is 5.81. The SMILES string of the molecule is C=CC(=O)OC(C)(CO)C12CC(C3CCCC31)C1C3CCC(C3)C12. The first-order valence-electron chi connectivity index (χ1n) is 10.0. The van der Waals surface area contributed by atoms with Gasteiger partial charge in [0.25, 0.3) is 0 Å². The van der Waals surface area contributed by atoms with Gasteiger partial charge in [0, 0.05) is 11.5 Å². The van der Waals surface area contributed by atoms with Crippen molar-refractivity contribution in [2.75, 3.05) is 6.61 Å². The molecule has 0 spiro atoms. The van der Waals surface area contributed by atoms with Crippen LogP contribution in [-0.2, 0) is 9.53 Å². The zero-order valence-corrected chi connectivity index (χ0v) is 14.7. The Labute approximate surface area is 144 Å². The molecule has 5 rings (SSSR count). The molecular weight excluding hydrogens is 300 g/mol. The van der Waals surface area contributed by atoms with Gasteiger partial charge < -0.3 is 9.84 Å². The first-order chi connectivity index (χ1) is 11.6. The fourth-order valence-corrected chi connectivity index (χ4v) is 8.85. The molecule has 3 heteroatoms. The molecular formula is C21H30O3. The van der Waals surface area contributed by atoms with Crippen molar-refractivity contribution in [2.24, 2.45) is 46.8 Å². The quantitative estimate of drug-likeness (QED) is 0.487. The van der Waals surface area contributed by atoms with Crippen LogP contribution in [0.2, 0.25) is 0 Å². The summed E-state index contributed by atoms with van der Waals surface area (Å²) in [5.74, 6) is 5.16. The average molecular weight is 330 g/mol. The summed E-state index contributed by atoms with van der Waals surface area (Å²) in [6.45, 7) is 5.56. The third-order valence-corrected chi connectivity index (χ3v) is 9.20. The van der Waals surface area contributed by atoms with Gasteiger partial charge in [-0.3, -0.25) is 0 Å². The van der Waals surface area contributed by atoms with Crippen LogP contribution in [0.1, 0.15) is 51.9 Å². The number of aliphatic hydroxyl groups is 1. The molecule has 24 heavy (non-hydrogen) atoms. The molecule has 9 atom stereocenters. The molecule has 1 N–H and O–H groups in total. The van der Waals surface area contributed by atoms with Crippen molar-refractivity contribution in [1.29, 1.82) is 0 Å². The number of esters is 1. The van der Waals surface area contributed by atoms with E-state index in [0.717, 1.165) is 29.6 Å². The highest BCUT2D eigenvalue weighted by Gasteiger charge is 2.77. The molecule has 5 aliphatic rings. The fourth-order valence-electron chi connectivity index (χ4n) is 8.85. The van der Waals surface area contributed by atoms with E-state index in [1.165, 1.54) is 51.0 Å². The number of ether oxygens (including phenoxy) is 1. The minimum absolute atomic E-state index is 0.0107. The van der Waals surface area contributed by atoms with Gasteiger partial charge in [0.1, 0.15) is 5.60 Å². The minimum Gasteiger partial charge on any atom is -0.453 e. The van der Waals surface area contributed by atoms with Crippen LogP contribution in [0, 0.1) is 46.8 Å². The Bertz CT molecular complexity index is 586. The Kier molecular flexibility index (Phi) is 3.13. The summed E-state index contributed by atoms with van der Waals surface area (Å²) in [4.78, 5) is 12.1. The molecule has 5 fully saturated rings. The molecule has 0 aromatic rings. The molecule has 4 bridgehead atoms. The van der Waals surface area contributed by atoms with E-state index in [1.807, 2.05) is 6.92 Å². The van der Waals surface area contributed by atoms with Crippen LogP contribution in [0.5, 0.6) is 0 Å².